The number of carbonyl (C=O) groups excluding carboxylic acids is 1. The van der Waals surface area contributed by atoms with Crippen molar-refractivity contribution in [3.8, 4) is 16.9 Å². The van der Waals surface area contributed by atoms with E-state index in [1.165, 1.54) is 13.8 Å². The number of aromatic nitrogens is 2. The molecule has 0 unspecified atom stereocenters. The van der Waals surface area contributed by atoms with Gasteiger partial charge in [0.15, 0.2) is 0 Å². The van der Waals surface area contributed by atoms with Crippen molar-refractivity contribution >= 4 is 6.09 Å². The van der Waals surface area contributed by atoms with Gasteiger partial charge in [-0.1, -0.05) is 18.2 Å². The van der Waals surface area contributed by atoms with Crippen LogP contribution in [0, 0.1) is 11.6 Å². The highest BCUT2D eigenvalue weighted by Crippen LogP contribution is 2.43. The van der Waals surface area contributed by atoms with Crippen molar-refractivity contribution in [1.29, 1.82) is 0 Å². The molecule has 2 heterocycles. The molecule has 7 nitrogen and oxygen atoms in total. The Morgan fingerprint density at radius 1 is 1.16 bits per heavy atom. The van der Waals surface area contributed by atoms with Crippen molar-refractivity contribution in [2.45, 2.75) is 58.4 Å². The second kappa shape index (κ2) is 11.1. The highest BCUT2D eigenvalue weighted by molar-refractivity contribution is 5.65. The largest absolute Gasteiger partial charge is 0.490 e. The van der Waals surface area contributed by atoms with Crippen LogP contribution in [-0.4, -0.2) is 52.2 Å². The van der Waals surface area contributed by atoms with Gasteiger partial charge in [0, 0.05) is 48.6 Å². The Morgan fingerprint density at radius 2 is 1.87 bits per heavy atom. The molecule has 1 aromatic heterocycles. The summed E-state index contributed by atoms with van der Waals surface area (Å²) in [5.41, 5.74) is 6.72. The molecule has 3 aromatic rings. The molecule has 0 spiro atoms. The van der Waals surface area contributed by atoms with Gasteiger partial charge in [0.2, 0.25) is 0 Å². The number of hydrogen-bond acceptors (Lipinski definition) is 5. The fourth-order valence-electron chi connectivity index (χ4n) is 4.99. The van der Waals surface area contributed by atoms with Crippen LogP contribution in [0.5, 0.6) is 5.75 Å². The second-order valence-electron chi connectivity index (χ2n) is 10.2. The number of alkyl halides is 1. The van der Waals surface area contributed by atoms with E-state index in [0.717, 1.165) is 40.9 Å². The summed E-state index contributed by atoms with van der Waals surface area (Å²) in [5, 5.41) is 4.34. The van der Waals surface area contributed by atoms with Gasteiger partial charge >= 0.3 is 6.09 Å². The number of benzene rings is 2. The lowest BCUT2D eigenvalue weighted by molar-refractivity contribution is 0.0652. The first kappa shape index (κ1) is 27.5. The first-order valence-corrected chi connectivity index (χ1v) is 12.6. The van der Waals surface area contributed by atoms with Gasteiger partial charge in [-0.05, 0) is 50.8 Å². The minimum Gasteiger partial charge on any atom is -0.490 e. The lowest BCUT2D eigenvalue weighted by Crippen LogP contribution is -2.48. The number of amides is 1. The Morgan fingerprint density at radius 3 is 2.47 bits per heavy atom. The van der Waals surface area contributed by atoms with E-state index >= 15 is 8.78 Å². The van der Waals surface area contributed by atoms with Gasteiger partial charge in [-0.3, -0.25) is 9.58 Å². The van der Waals surface area contributed by atoms with Crippen LogP contribution in [0.25, 0.3) is 11.1 Å². The molecule has 0 aliphatic carbocycles. The zero-order valence-electron chi connectivity index (χ0n) is 22.0. The van der Waals surface area contributed by atoms with E-state index in [1.807, 2.05) is 47.8 Å². The summed E-state index contributed by atoms with van der Waals surface area (Å²) in [5.74, 6) is -1.67. The molecular formula is C28H33F3N4O3. The minimum atomic E-state index is -1.59. The number of fused-ring (bicyclic) bond motifs is 1. The third-order valence-corrected chi connectivity index (χ3v) is 6.62. The maximum absolute atomic E-state index is 15.6. The minimum absolute atomic E-state index is 0.00904. The van der Waals surface area contributed by atoms with Crippen LogP contribution in [0.4, 0.5) is 18.0 Å². The summed E-state index contributed by atoms with van der Waals surface area (Å²) < 4.78 is 57.9. The van der Waals surface area contributed by atoms with Gasteiger partial charge in [-0.2, -0.15) is 5.10 Å². The second-order valence-corrected chi connectivity index (χ2v) is 10.2. The van der Waals surface area contributed by atoms with E-state index in [9.17, 15) is 9.18 Å². The summed E-state index contributed by atoms with van der Waals surface area (Å²) in [6.07, 6.45) is 3.38. The van der Waals surface area contributed by atoms with Crippen molar-refractivity contribution in [2.24, 2.45) is 5.73 Å². The predicted molar refractivity (Wildman–Crippen MR) is 138 cm³/mol. The van der Waals surface area contributed by atoms with Crippen LogP contribution >= 0.6 is 0 Å². The van der Waals surface area contributed by atoms with Crippen LogP contribution < -0.4 is 10.5 Å². The molecule has 0 fully saturated rings. The number of aryl methyl sites for hydroxylation is 1. The van der Waals surface area contributed by atoms with Gasteiger partial charge in [-0.15, -0.1) is 0 Å². The molecule has 204 valence electrons. The molecule has 2 N–H and O–H groups in total. The highest BCUT2D eigenvalue weighted by atomic mass is 19.1. The zero-order chi connectivity index (χ0) is 27.6. The molecule has 0 saturated heterocycles. The summed E-state index contributed by atoms with van der Waals surface area (Å²) in [7, 11) is 0. The Hall–Kier alpha value is -3.53. The molecule has 1 aliphatic heterocycles. The number of ether oxygens (including phenoxy) is 2. The molecule has 0 saturated carbocycles. The lowest BCUT2D eigenvalue weighted by atomic mass is 9.82. The highest BCUT2D eigenvalue weighted by Gasteiger charge is 2.39. The Balaban J connectivity index is 1.74. The number of halogens is 3. The Bertz CT molecular complexity index is 1280. The van der Waals surface area contributed by atoms with E-state index in [1.54, 1.807) is 6.20 Å². The SMILES string of the molecule is CCn1cc(-c2ccc3c(c2)C[C@@H](C)N(CC(C)(C)F)[C@@H]3c2c(F)cc(OCCOC(N)=O)cc2F)cn1. The number of primary amides is 1. The smallest absolute Gasteiger partial charge is 0.404 e. The molecule has 2 aromatic carbocycles. The maximum atomic E-state index is 15.6. The van der Waals surface area contributed by atoms with Crippen molar-refractivity contribution in [1.82, 2.24) is 14.7 Å². The van der Waals surface area contributed by atoms with Crippen molar-refractivity contribution in [3.05, 3.63) is 71.1 Å². The standard InChI is InChI=1S/C28H33F3N4O3/c1-5-34-15-20(14-33-34)18-6-7-22-19(11-18)10-17(2)35(16-28(3,4)31)26(22)25-23(29)12-21(13-24(25)30)37-8-9-38-27(32)36/h6-7,11-15,17,26H,5,8-10,16H2,1-4H3,(H2,32,36)/t17-,26+/m1/s1. The Labute approximate surface area is 220 Å². The first-order chi connectivity index (χ1) is 18.0. The van der Waals surface area contributed by atoms with E-state index in [4.69, 9.17) is 10.5 Å². The van der Waals surface area contributed by atoms with Crippen LogP contribution in [0.15, 0.2) is 42.7 Å². The number of carbonyl (C=O) groups is 1. The van der Waals surface area contributed by atoms with Crippen LogP contribution in [-0.2, 0) is 17.7 Å². The van der Waals surface area contributed by atoms with Crippen molar-refractivity contribution in [2.75, 3.05) is 19.8 Å². The van der Waals surface area contributed by atoms with Gasteiger partial charge in [0.25, 0.3) is 0 Å². The van der Waals surface area contributed by atoms with E-state index in [-0.39, 0.29) is 37.1 Å². The molecule has 4 rings (SSSR count). The number of rotatable bonds is 9. The number of nitrogens with zero attached hydrogens (tertiary/aromatic N) is 3. The molecule has 1 amide bonds. The third kappa shape index (κ3) is 6.12. The molecule has 38 heavy (non-hydrogen) atoms. The molecule has 1 aliphatic rings. The maximum Gasteiger partial charge on any atom is 0.404 e. The topological polar surface area (TPSA) is 82.6 Å². The quantitative estimate of drug-likeness (QED) is 0.374. The lowest BCUT2D eigenvalue weighted by Gasteiger charge is -2.44. The monoisotopic (exact) mass is 530 g/mol. The predicted octanol–water partition coefficient (Wildman–Crippen LogP) is 5.41. The molecular weight excluding hydrogens is 497 g/mol. The first-order valence-electron chi connectivity index (χ1n) is 12.6. The van der Waals surface area contributed by atoms with E-state index in [2.05, 4.69) is 9.84 Å². The van der Waals surface area contributed by atoms with Crippen LogP contribution in [0.3, 0.4) is 0 Å². The van der Waals surface area contributed by atoms with Gasteiger partial charge in [0.05, 0.1) is 12.2 Å². The summed E-state index contributed by atoms with van der Waals surface area (Å²) in [6, 6.07) is 6.96. The third-order valence-electron chi connectivity index (χ3n) is 6.62. The fourth-order valence-corrected chi connectivity index (χ4v) is 4.99. The van der Waals surface area contributed by atoms with Gasteiger partial charge < -0.3 is 15.2 Å². The van der Waals surface area contributed by atoms with Crippen molar-refractivity contribution in [3.63, 3.8) is 0 Å². The molecule has 0 radical (unpaired) electrons. The normalized spacial score (nSPS) is 17.8. The molecule has 2 atom stereocenters. The fraction of sp³-hybridized carbons (Fsp3) is 0.429. The van der Waals surface area contributed by atoms with Gasteiger partial charge in [-0.25, -0.2) is 18.0 Å². The summed E-state index contributed by atoms with van der Waals surface area (Å²) in [4.78, 5) is 12.5. The average Bonchev–Trinajstić information content (AvgIpc) is 3.31. The van der Waals surface area contributed by atoms with Crippen LogP contribution in [0.2, 0.25) is 0 Å². The van der Waals surface area contributed by atoms with E-state index < -0.39 is 29.4 Å². The van der Waals surface area contributed by atoms with Crippen molar-refractivity contribution < 1.29 is 27.4 Å². The number of hydrogen-bond donors (Lipinski definition) is 1. The molecule has 0 bridgehead atoms. The van der Waals surface area contributed by atoms with Gasteiger partial charge in [0.1, 0.15) is 36.3 Å². The van der Waals surface area contributed by atoms with Crippen LogP contribution in [0.1, 0.15) is 50.4 Å². The Kier molecular flexibility index (Phi) is 8.01. The number of nitrogens with two attached hydrogens (primary N) is 1. The zero-order valence-corrected chi connectivity index (χ0v) is 22.0. The summed E-state index contributed by atoms with van der Waals surface area (Å²) >= 11 is 0. The molecule has 10 heteroatoms. The summed E-state index contributed by atoms with van der Waals surface area (Å²) in [6.45, 7) is 7.31. The van der Waals surface area contributed by atoms with E-state index in [0.29, 0.717) is 6.42 Å². The average molecular weight is 531 g/mol.